The van der Waals surface area contributed by atoms with E-state index in [0.29, 0.717) is 12.2 Å². The van der Waals surface area contributed by atoms with Crippen molar-refractivity contribution in [2.45, 2.75) is 37.5 Å². The summed E-state index contributed by atoms with van der Waals surface area (Å²) in [6, 6.07) is 7.39. The van der Waals surface area contributed by atoms with Gasteiger partial charge in [-0.2, -0.15) is 0 Å². The Morgan fingerprint density at radius 3 is 2.63 bits per heavy atom. The van der Waals surface area contributed by atoms with Crippen molar-refractivity contribution in [3.05, 3.63) is 36.4 Å². The van der Waals surface area contributed by atoms with Crippen LogP contribution in [0.4, 0.5) is 11.4 Å². The maximum absolute atomic E-state index is 13.2. The van der Waals surface area contributed by atoms with Crippen LogP contribution >= 0.6 is 0 Å². The summed E-state index contributed by atoms with van der Waals surface area (Å²) in [4.78, 5) is 38.8. The summed E-state index contributed by atoms with van der Waals surface area (Å²) < 4.78 is 6.13. The third-order valence-electron chi connectivity index (χ3n) is 5.83. The van der Waals surface area contributed by atoms with Crippen LogP contribution in [-0.2, 0) is 19.1 Å². The van der Waals surface area contributed by atoms with Crippen LogP contribution in [0.1, 0.15) is 19.8 Å². The summed E-state index contributed by atoms with van der Waals surface area (Å²) in [5, 5.41) is 5.74. The molecule has 2 saturated heterocycles. The predicted octanol–water partition coefficient (Wildman–Crippen LogP) is 1.21. The molecule has 1 aromatic rings. The average molecular weight is 367 g/mol. The van der Waals surface area contributed by atoms with Crippen molar-refractivity contribution in [2.75, 3.05) is 16.8 Å². The van der Waals surface area contributed by atoms with Crippen molar-refractivity contribution >= 4 is 29.1 Å². The summed E-state index contributed by atoms with van der Waals surface area (Å²) in [5.41, 5.74) is 0.693. The van der Waals surface area contributed by atoms with Crippen molar-refractivity contribution in [1.29, 1.82) is 0 Å². The Hall–Kier alpha value is -2.67. The SMILES string of the molecule is CC(=O)Nc1ccc(N2C[C@@]34C=C[C@@H](O3)[C@@H](C(=O)NC3CC3)[C@H]4C2=O)cc1. The van der Waals surface area contributed by atoms with Gasteiger partial charge in [-0.1, -0.05) is 12.2 Å². The van der Waals surface area contributed by atoms with Crippen molar-refractivity contribution < 1.29 is 19.1 Å². The van der Waals surface area contributed by atoms with E-state index in [1.54, 1.807) is 29.2 Å². The van der Waals surface area contributed by atoms with Crippen molar-refractivity contribution in [2.24, 2.45) is 11.8 Å². The molecule has 4 aliphatic rings. The van der Waals surface area contributed by atoms with Gasteiger partial charge in [0, 0.05) is 24.3 Å². The molecule has 3 heterocycles. The van der Waals surface area contributed by atoms with E-state index in [0.717, 1.165) is 18.5 Å². The first kappa shape index (κ1) is 16.5. The minimum atomic E-state index is -0.719. The van der Waals surface area contributed by atoms with Gasteiger partial charge in [0.25, 0.3) is 0 Å². The molecule has 3 aliphatic heterocycles. The summed E-state index contributed by atoms with van der Waals surface area (Å²) >= 11 is 0. The zero-order valence-electron chi connectivity index (χ0n) is 15.0. The number of benzene rings is 1. The average Bonchev–Trinajstić information content (AvgIpc) is 3.16. The Morgan fingerprint density at radius 1 is 1.22 bits per heavy atom. The number of ether oxygens (including phenoxy) is 1. The van der Waals surface area contributed by atoms with Gasteiger partial charge in [0.05, 0.1) is 24.5 Å². The number of fused-ring (bicyclic) bond motifs is 1. The van der Waals surface area contributed by atoms with Gasteiger partial charge in [-0.05, 0) is 37.1 Å². The van der Waals surface area contributed by atoms with E-state index >= 15 is 0 Å². The fourth-order valence-corrected chi connectivity index (χ4v) is 4.47. The van der Waals surface area contributed by atoms with Gasteiger partial charge in [0.2, 0.25) is 17.7 Å². The topological polar surface area (TPSA) is 87.7 Å². The van der Waals surface area contributed by atoms with Gasteiger partial charge in [-0.15, -0.1) is 0 Å². The quantitative estimate of drug-likeness (QED) is 0.783. The van der Waals surface area contributed by atoms with E-state index in [1.165, 1.54) is 6.92 Å². The first-order chi connectivity index (χ1) is 13.0. The minimum absolute atomic E-state index is 0.0741. The fourth-order valence-electron chi connectivity index (χ4n) is 4.47. The van der Waals surface area contributed by atoms with E-state index in [4.69, 9.17) is 4.74 Å². The first-order valence-corrected chi connectivity index (χ1v) is 9.33. The van der Waals surface area contributed by atoms with Gasteiger partial charge in [0.15, 0.2) is 0 Å². The van der Waals surface area contributed by atoms with Crippen LogP contribution in [0.25, 0.3) is 0 Å². The third-order valence-corrected chi connectivity index (χ3v) is 5.83. The van der Waals surface area contributed by atoms with Gasteiger partial charge >= 0.3 is 0 Å². The summed E-state index contributed by atoms with van der Waals surface area (Å²) in [6.45, 7) is 1.85. The Kier molecular flexibility index (Phi) is 3.46. The molecule has 0 aromatic heterocycles. The van der Waals surface area contributed by atoms with Crippen LogP contribution in [0, 0.1) is 11.8 Å². The summed E-state index contributed by atoms with van der Waals surface area (Å²) in [5.74, 6) is -1.25. The van der Waals surface area contributed by atoms with Gasteiger partial charge in [-0.3, -0.25) is 14.4 Å². The highest BCUT2D eigenvalue weighted by atomic mass is 16.5. The molecule has 0 radical (unpaired) electrons. The molecule has 7 nitrogen and oxygen atoms in total. The minimum Gasteiger partial charge on any atom is -0.360 e. The number of hydrogen-bond donors (Lipinski definition) is 2. The maximum Gasteiger partial charge on any atom is 0.234 e. The standard InChI is InChI=1S/C20H21N3O4/c1-11(24)21-12-4-6-14(7-5-12)23-10-20-9-8-15(27-20)16(17(20)19(23)26)18(25)22-13-2-3-13/h4-9,13,15-17H,2-3,10H2,1H3,(H,21,24)(H,22,25)/t15-,16-,17+,20-/m1/s1. The third kappa shape index (κ3) is 2.56. The maximum atomic E-state index is 13.2. The molecule has 1 saturated carbocycles. The molecule has 3 amide bonds. The molecule has 2 bridgehead atoms. The molecule has 27 heavy (non-hydrogen) atoms. The molecule has 140 valence electrons. The Morgan fingerprint density at radius 2 is 1.96 bits per heavy atom. The van der Waals surface area contributed by atoms with Crippen LogP contribution in [0.15, 0.2) is 36.4 Å². The molecule has 5 rings (SSSR count). The zero-order valence-corrected chi connectivity index (χ0v) is 15.0. The molecular formula is C20H21N3O4. The van der Waals surface area contributed by atoms with Crippen molar-refractivity contribution in [3.63, 3.8) is 0 Å². The highest BCUT2D eigenvalue weighted by molar-refractivity contribution is 6.03. The lowest BCUT2D eigenvalue weighted by atomic mass is 9.77. The number of amides is 3. The number of nitrogens with zero attached hydrogens (tertiary/aromatic N) is 1. The van der Waals surface area contributed by atoms with Crippen LogP contribution in [0.2, 0.25) is 0 Å². The molecule has 4 atom stereocenters. The molecular weight excluding hydrogens is 346 g/mol. The second-order valence-electron chi connectivity index (χ2n) is 7.84. The first-order valence-electron chi connectivity index (χ1n) is 9.33. The van der Waals surface area contributed by atoms with Crippen molar-refractivity contribution in [1.82, 2.24) is 5.32 Å². The normalized spacial score (nSPS) is 33.3. The molecule has 1 aromatic carbocycles. The molecule has 1 spiro atoms. The Labute approximate surface area is 156 Å². The highest BCUT2D eigenvalue weighted by Crippen LogP contribution is 2.52. The molecule has 0 unspecified atom stereocenters. The largest absolute Gasteiger partial charge is 0.360 e. The van der Waals surface area contributed by atoms with Crippen LogP contribution in [0.5, 0.6) is 0 Å². The molecule has 7 heteroatoms. The number of hydrogen-bond acceptors (Lipinski definition) is 4. The lowest BCUT2D eigenvalue weighted by Crippen LogP contribution is -2.44. The number of carbonyl (C=O) groups excluding carboxylic acids is 3. The summed E-state index contributed by atoms with van der Waals surface area (Å²) in [7, 11) is 0. The monoisotopic (exact) mass is 367 g/mol. The number of nitrogens with one attached hydrogen (secondary N) is 2. The highest BCUT2D eigenvalue weighted by Gasteiger charge is 2.67. The molecule has 2 N–H and O–H groups in total. The van der Waals surface area contributed by atoms with Gasteiger partial charge < -0.3 is 20.3 Å². The second kappa shape index (κ2) is 5.66. The van der Waals surface area contributed by atoms with E-state index in [-0.39, 0.29) is 29.9 Å². The number of rotatable bonds is 4. The van der Waals surface area contributed by atoms with E-state index < -0.39 is 17.4 Å². The Bertz CT molecular complexity index is 860. The molecule has 3 fully saturated rings. The van der Waals surface area contributed by atoms with Gasteiger partial charge in [-0.25, -0.2) is 0 Å². The fraction of sp³-hybridized carbons (Fsp3) is 0.450. The van der Waals surface area contributed by atoms with Crippen LogP contribution in [-0.4, -0.2) is 42.0 Å². The van der Waals surface area contributed by atoms with E-state index in [1.807, 2.05) is 12.2 Å². The number of anilines is 2. The lowest BCUT2D eigenvalue weighted by Gasteiger charge is -2.23. The van der Waals surface area contributed by atoms with Gasteiger partial charge in [0.1, 0.15) is 5.60 Å². The summed E-state index contributed by atoms with van der Waals surface area (Å²) in [6.07, 6.45) is 5.58. The smallest absolute Gasteiger partial charge is 0.234 e. The predicted molar refractivity (Wildman–Crippen MR) is 98.0 cm³/mol. The van der Waals surface area contributed by atoms with Crippen LogP contribution < -0.4 is 15.5 Å². The zero-order chi connectivity index (χ0) is 18.8. The lowest BCUT2D eigenvalue weighted by molar-refractivity contribution is -0.132. The Balaban J connectivity index is 1.40. The van der Waals surface area contributed by atoms with E-state index in [9.17, 15) is 14.4 Å². The van der Waals surface area contributed by atoms with Crippen LogP contribution in [0.3, 0.4) is 0 Å². The second-order valence-corrected chi connectivity index (χ2v) is 7.84. The van der Waals surface area contributed by atoms with Crippen molar-refractivity contribution in [3.8, 4) is 0 Å². The van der Waals surface area contributed by atoms with E-state index in [2.05, 4.69) is 10.6 Å². The number of carbonyl (C=O) groups is 3. The molecule has 1 aliphatic carbocycles.